The van der Waals surface area contributed by atoms with E-state index in [2.05, 4.69) is 166 Å². The number of carbonyl (C=O) groups excluding carboxylic acids is 4. The summed E-state index contributed by atoms with van der Waals surface area (Å²) in [5, 5.41) is 0. The number of rotatable bonds is 80. The van der Waals surface area contributed by atoms with Crippen molar-refractivity contribution in [2.24, 2.45) is 92.7 Å². The second-order valence-corrected chi connectivity index (χ2v) is 43.8. The fourth-order valence-electron chi connectivity index (χ4n) is 21.0. The molecule has 0 radical (unpaired) electrons. The van der Waals surface area contributed by atoms with E-state index < -0.39 is 65.6 Å². The minimum absolute atomic E-state index is 0.215. The van der Waals surface area contributed by atoms with Crippen molar-refractivity contribution in [2.45, 2.75) is 551 Å². The average Bonchev–Trinajstić information content (AvgIpc) is 0.757. The van der Waals surface area contributed by atoms with Crippen molar-refractivity contribution in [3.05, 3.63) is 0 Å². The van der Waals surface area contributed by atoms with Crippen LogP contribution in [0.3, 0.4) is 0 Å². The molecular weight excluding hydrogens is 1500 g/mol. The van der Waals surface area contributed by atoms with Crippen molar-refractivity contribution >= 4 is 43.9 Å². The van der Waals surface area contributed by atoms with E-state index in [0.717, 1.165) is 308 Å². The summed E-state index contributed by atoms with van der Waals surface area (Å²) in [4.78, 5) is 73.9. The van der Waals surface area contributed by atoms with Gasteiger partial charge in [-0.25, -0.2) is 0 Å². The third kappa shape index (κ3) is 42.8. The first-order valence-corrected chi connectivity index (χ1v) is 56.0. The van der Waals surface area contributed by atoms with E-state index in [9.17, 15) is 0 Å². The molecule has 0 heterocycles. The van der Waals surface area contributed by atoms with Crippen molar-refractivity contribution in [1.82, 2.24) is 0 Å². The summed E-state index contributed by atoms with van der Waals surface area (Å²) in [5.41, 5.74) is -4.25. The van der Waals surface area contributed by atoms with Crippen LogP contribution >= 0.6 is 0 Å². The number of hydrogen-bond donors (Lipinski definition) is 0. The van der Waals surface area contributed by atoms with E-state index in [-0.39, 0.29) is 71.0 Å². The van der Waals surface area contributed by atoms with Gasteiger partial charge in [-0.2, -0.15) is 0 Å². The zero-order chi connectivity index (χ0) is 85.0. The van der Waals surface area contributed by atoms with Crippen LogP contribution < -0.4 is 0 Å². The van der Waals surface area contributed by atoms with E-state index in [1.807, 2.05) is 0 Å². The van der Waals surface area contributed by atoms with Crippen LogP contribution in [0.15, 0.2) is 0 Å². The number of unbranched alkanes of at least 4 members (excludes halogenated alkanes) is 12. The standard InChI is InChI=1S/4C26H52O2.Sn/c4*1-7-13-16-22(10-4)19-26(25(27)28,20-23(11-5)17-14-8-2)21-24(12-6)18-15-9-3;/h4*22-24H,7-21H2,1-6H3,(H,27,28);/q;;;;+4/p-4. The molecule has 0 N–H and O–H groups in total. The van der Waals surface area contributed by atoms with Gasteiger partial charge in [0.1, 0.15) is 0 Å². The van der Waals surface area contributed by atoms with E-state index in [0.29, 0.717) is 77.0 Å². The molecule has 0 aromatic heterocycles. The Labute approximate surface area is 714 Å². The number of carbonyl (C=O) groups is 4. The Morgan fingerprint density at radius 2 is 0.265 bits per heavy atom. The quantitative estimate of drug-likeness (QED) is 0.0555. The molecule has 672 valence electrons. The predicted molar refractivity (Wildman–Crippen MR) is 495 cm³/mol. The van der Waals surface area contributed by atoms with Crippen molar-refractivity contribution in [3.8, 4) is 0 Å². The Morgan fingerprint density at radius 1 is 0.177 bits per heavy atom. The molecule has 0 aromatic carbocycles. The molecule has 0 aliphatic rings. The third-order valence-electron chi connectivity index (χ3n) is 29.3. The summed E-state index contributed by atoms with van der Waals surface area (Å²) in [7, 11) is 0. The summed E-state index contributed by atoms with van der Waals surface area (Å²) in [6, 6.07) is 0. The molecule has 0 saturated carbocycles. The summed E-state index contributed by atoms with van der Waals surface area (Å²) in [6.07, 6.45) is 56.1. The molecule has 0 saturated heterocycles. The van der Waals surface area contributed by atoms with E-state index in [4.69, 9.17) is 12.3 Å². The fourth-order valence-corrected chi connectivity index (χ4v) is 26.7. The maximum absolute atomic E-state index is 18.5. The van der Waals surface area contributed by atoms with Gasteiger partial charge < -0.3 is 0 Å². The molecule has 0 bridgehead atoms. The Kier molecular flexibility index (Phi) is 66.5. The second kappa shape index (κ2) is 67.3. The summed E-state index contributed by atoms with van der Waals surface area (Å²) < 4.78 is 33.0. The van der Waals surface area contributed by atoms with Crippen molar-refractivity contribution in [1.29, 1.82) is 0 Å². The van der Waals surface area contributed by atoms with Crippen LogP contribution in [-0.4, -0.2) is 43.9 Å². The molecule has 12 unspecified atom stereocenters. The molecular formula is C104H204O8Sn. The van der Waals surface area contributed by atoms with Crippen molar-refractivity contribution in [3.63, 3.8) is 0 Å². The molecule has 0 fully saturated rings. The molecule has 0 aliphatic heterocycles. The average molecular weight is 1700 g/mol. The minimum atomic E-state index is -7.32. The fraction of sp³-hybridized carbons (Fsp3) is 0.962. The van der Waals surface area contributed by atoms with Gasteiger partial charge in [0.2, 0.25) is 0 Å². The molecule has 0 aliphatic carbocycles. The Hall–Kier alpha value is -1.32. The van der Waals surface area contributed by atoms with Crippen LogP contribution in [0.1, 0.15) is 551 Å². The topological polar surface area (TPSA) is 105 Å². The molecule has 113 heavy (non-hydrogen) atoms. The predicted octanol–water partition coefficient (Wildman–Crippen LogP) is 34.8. The SMILES string of the molecule is CCCCC(CC)CC(CC(CC)CCCC)(CC(CC)CCCC)C(=O)[O][Sn]([O]C(=O)C(CC(CC)CCCC)(CC(CC)CCCC)CC(CC)CCCC)([O]C(=O)C(CC(CC)CCCC)(CC(CC)CCCC)CC(CC)CCCC)[O]C(=O)C(CC(CC)CCCC)(CC(CC)CCCC)CC(CC)CCCC. The van der Waals surface area contributed by atoms with Crippen LogP contribution in [0.5, 0.6) is 0 Å². The molecule has 12 atom stereocenters. The Morgan fingerprint density at radius 3 is 0.336 bits per heavy atom. The first-order valence-electron chi connectivity index (χ1n) is 51.4. The molecule has 9 heteroatoms. The summed E-state index contributed by atoms with van der Waals surface area (Å²) in [6.45, 7) is 55.6. The van der Waals surface area contributed by atoms with Crippen LogP contribution in [0.2, 0.25) is 0 Å². The first-order chi connectivity index (χ1) is 54.4. The van der Waals surface area contributed by atoms with E-state index >= 15 is 19.2 Å². The Bertz CT molecular complexity index is 1770. The maximum atomic E-state index is 18.5. The third-order valence-corrected chi connectivity index (χ3v) is 34.2. The molecule has 8 nitrogen and oxygen atoms in total. The van der Waals surface area contributed by atoms with Gasteiger partial charge in [-0.15, -0.1) is 0 Å². The van der Waals surface area contributed by atoms with Gasteiger partial charge in [0.05, 0.1) is 0 Å². The van der Waals surface area contributed by atoms with Gasteiger partial charge in [0.15, 0.2) is 0 Å². The van der Waals surface area contributed by atoms with Gasteiger partial charge >= 0.3 is 719 Å². The zero-order valence-corrected chi connectivity index (χ0v) is 84.0. The van der Waals surface area contributed by atoms with Gasteiger partial charge in [-0.3, -0.25) is 0 Å². The molecule has 0 spiro atoms. The first kappa shape index (κ1) is 112. The monoisotopic (exact) mass is 1700 g/mol. The van der Waals surface area contributed by atoms with Crippen molar-refractivity contribution < 1.29 is 31.5 Å². The molecule has 0 aromatic rings. The second-order valence-electron chi connectivity index (χ2n) is 38.6. The molecule has 0 amide bonds. The van der Waals surface area contributed by atoms with Crippen LogP contribution in [0, 0.1) is 92.7 Å². The van der Waals surface area contributed by atoms with Gasteiger partial charge in [-0.1, -0.05) is 0 Å². The summed E-state index contributed by atoms with van der Waals surface area (Å²) >= 11 is -7.32. The van der Waals surface area contributed by atoms with Gasteiger partial charge in [0.25, 0.3) is 0 Å². The van der Waals surface area contributed by atoms with Crippen LogP contribution in [0.25, 0.3) is 0 Å². The zero-order valence-electron chi connectivity index (χ0n) is 81.1. The molecule has 0 rings (SSSR count). The van der Waals surface area contributed by atoms with Crippen molar-refractivity contribution in [2.75, 3.05) is 0 Å². The van der Waals surface area contributed by atoms with E-state index in [1.165, 1.54) is 0 Å². The summed E-state index contributed by atoms with van der Waals surface area (Å²) in [5.74, 6) is 0.958. The van der Waals surface area contributed by atoms with Crippen LogP contribution in [-0.2, 0) is 31.5 Å². The van der Waals surface area contributed by atoms with E-state index in [1.54, 1.807) is 0 Å². The van der Waals surface area contributed by atoms with Gasteiger partial charge in [0, 0.05) is 0 Å². The Balaban J connectivity index is 12.0. The number of hydrogen-bond acceptors (Lipinski definition) is 8. The van der Waals surface area contributed by atoms with Gasteiger partial charge in [-0.05, 0) is 0 Å². The van der Waals surface area contributed by atoms with Crippen LogP contribution in [0.4, 0.5) is 0 Å². The normalized spacial score (nSPS) is 18.0.